The molecule has 0 unspecified atom stereocenters. The van der Waals surface area contributed by atoms with Crippen LogP contribution < -0.4 is 15.7 Å². The molecule has 0 aliphatic carbocycles. The number of aliphatic carboxylic acids is 1. The average Bonchev–Trinajstić information content (AvgIpc) is 2.54. The van der Waals surface area contributed by atoms with Gasteiger partial charge in [-0.25, -0.2) is 0 Å². The van der Waals surface area contributed by atoms with Crippen LogP contribution in [0.4, 0.5) is 5.69 Å². The molecule has 2 rings (SSSR count). The van der Waals surface area contributed by atoms with Crippen molar-refractivity contribution in [2.24, 2.45) is 0 Å². The van der Waals surface area contributed by atoms with E-state index in [-0.39, 0.29) is 12.3 Å². The number of halogens is 1. The first-order chi connectivity index (χ1) is 11.8. The number of carboxylic acids is 1. The molecule has 2 aromatic rings. The summed E-state index contributed by atoms with van der Waals surface area (Å²) in [6, 6.07) is 12.0. The van der Waals surface area contributed by atoms with Gasteiger partial charge in [0, 0.05) is 35.6 Å². The number of hydrogen-bond acceptors (Lipinski definition) is 4. The predicted octanol–water partition coefficient (Wildman–Crippen LogP) is 1.91. The summed E-state index contributed by atoms with van der Waals surface area (Å²) in [4.78, 5) is 34.4. The molecule has 0 spiro atoms. The van der Waals surface area contributed by atoms with Crippen LogP contribution in [0, 0.1) is 0 Å². The number of carbonyl (C=O) groups is 3. The number of amides is 2. The molecule has 2 amide bonds. The number of carboxylic acid groups (broad SMARTS) is 1. The molecule has 130 valence electrons. The maximum absolute atomic E-state index is 12.4. The Morgan fingerprint density at radius 3 is 2.16 bits per heavy atom. The summed E-state index contributed by atoms with van der Waals surface area (Å²) in [5, 5.41) is 16.8. The van der Waals surface area contributed by atoms with Crippen molar-refractivity contribution in [3.63, 3.8) is 0 Å². The number of anilines is 1. The van der Waals surface area contributed by atoms with E-state index in [1.807, 2.05) is 0 Å². The van der Waals surface area contributed by atoms with Gasteiger partial charge in [-0.05, 0) is 42.0 Å². The van der Waals surface area contributed by atoms with Crippen LogP contribution in [0.5, 0.6) is 0 Å². The smallest absolute Gasteiger partial charge is 0.251 e. The van der Waals surface area contributed by atoms with E-state index in [2.05, 4.69) is 10.6 Å². The van der Waals surface area contributed by atoms with Crippen molar-refractivity contribution in [3.8, 4) is 0 Å². The average molecular weight is 360 g/mol. The first-order valence-electron chi connectivity index (χ1n) is 7.49. The standard InChI is InChI=1S/C18H17ClN2O4/c1-11(22)20-15-8-4-13(5-9-15)18(25)21-16(10-17(23)24)12-2-6-14(19)7-3-12/h2-9,16H,10H2,1H3,(H,20,22)(H,21,25)(H,23,24)/p-1/t16-/m1/s1. The molecule has 0 aromatic heterocycles. The van der Waals surface area contributed by atoms with Crippen molar-refractivity contribution in [1.29, 1.82) is 0 Å². The Labute approximate surface area is 149 Å². The molecule has 2 N–H and O–H groups in total. The van der Waals surface area contributed by atoms with Gasteiger partial charge in [0.1, 0.15) is 0 Å². The van der Waals surface area contributed by atoms with Crippen LogP contribution in [0.2, 0.25) is 5.02 Å². The monoisotopic (exact) mass is 359 g/mol. The van der Waals surface area contributed by atoms with Crippen LogP contribution in [0.1, 0.15) is 35.3 Å². The van der Waals surface area contributed by atoms with Gasteiger partial charge < -0.3 is 20.5 Å². The largest absolute Gasteiger partial charge is 0.550 e. The van der Waals surface area contributed by atoms with E-state index in [1.54, 1.807) is 48.5 Å². The van der Waals surface area contributed by atoms with Crippen molar-refractivity contribution in [2.45, 2.75) is 19.4 Å². The third kappa shape index (κ3) is 5.61. The van der Waals surface area contributed by atoms with Gasteiger partial charge in [0.05, 0.1) is 6.04 Å². The Morgan fingerprint density at radius 2 is 1.64 bits per heavy atom. The third-order valence-corrected chi connectivity index (χ3v) is 3.67. The summed E-state index contributed by atoms with van der Waals surface area (Å²) < 4.78 is 0. The highest BCUT2D eigenvalue weighted by Gasteiger charge is 2.16. The second-order valence-electron chi connectivity index (χ2n) is 5.41. The lowest BCUT2D eigenvalue weighted by molar-refractivity contribution is -0.306. The van der Waals surface area contributed by atoms with Crippen molar-refractivity contribution < 1.29 is 19.5 Å². The minimum absolute atomic E-state index is 0.214. The van der Waals surface area contributed by atoms with Gasteiger partial charge in [-0.3, -0.25) is 9.59 Å². The molecule has 6 nitrogen and oxygen atoms in total. The molecule has 7 heteroatoms. The van der Waals surface area contributed by atoms with Gasteiger partial charge in [-0.1, -0.05) is 23.7 Å². The summed E-state index contributed by atoms with van der Waals surface area (Å²) in [5.74, 6) is -1.93. The highest BCUT2D eigenvalue weighted by molar-refractivity contribution is 6.30. The quantitative estimate of drug-likeness (QED) is 0.823. The SMILES string of the molecule is CC(=O)Nc1ccc(C(=O)N[C@H](CC(=O)[O-])c2ccc(Cl)cc2)cc1. The molecule has 0 radical (unpaired) electrons. The maximum Gasteiger partial charge on any atom is 0.251 e. The second kappa shape index (κ2) is 8.30. The molecule has 0 saturated carbocycles. The summed E-state index contributed by atoms with van der Waals surface area (Å²) in [7, 11) is 0. The third-order valence-electron chi connectivity index (χ3n) is 3.42. The predicted molar refractivity (Wildman–Crippen MR) is 92.0 cm³/mol. The lowest BCUT2D eigenvalue weighted by Crippen LogP contribution is -2.34. The maximum atomic E-state index is 12.4. The lowest BCUT2D eigenvalue weighted by Gasteiger charge is -2.20. The van der Waals surface area contributed by atoms with Crippen molar-refractivity contribution >= 4 is 35.1 Å². The van der Waals surface area contributed by atoms with Gasteiger partial charge in [0.25, 0.3) is 5.91 Å². The van der Waals surface area contributed by atoms with Crippen LogP contribution >= 0.6 is 11.6 Å². The van der Waals surface area contributed by atoms with Crippen LogP contribution in [0.25, 0.3) is 0 Å². The van der Waals surface area contributed by atoms with Crippen LogP contribution in [0.3, 0.4) is 0 Å². The minimum atomic E-state index is -1.28. The van der Waals surface area contributed by atoms with Crippen molar-refractivity contribution in [1.82, 2.24) is 5.32 Å². The fourth-order valence-electron chi connectivity index (χ4n) is 2.26. The van der Waals surface area contributed by atoms with Gasteiger partial charge in [-0.15, -0.1) is 0 Å². The Kier molecular flexibility index (Phi) is 6.14. The number of hydrogen-bond donors (Lipinski definition) is 2. The highest BCUT2D eigenvalue weighted by atomic mass is 35.5. The van der Waals surface area contributed by atoms with E-state index >= 15 is 0 Å². The van der Waals surface area contributed by atoms with E-state index in [0.717, 1.165) is 0 Å². The van der Waals surface area contributed by atoms with E-state index < -0.39 is 17.9 Å². The fourth-order valence-corrected chi connectivity index (χ4v) is 2.39. The molecule has 1 atom stereocenters. The van der Waals surface area contributed by atoms with E-state index in [4.69, 9.17) is 11.6 Å². The molecule has 25 heavy (non-hydrogen) atoms. The lowest BCUT2D eigenvalue weighted by atomic mass is 10.0. The number of nitrogens with one attached hydrogen (secondary N) is 2. The molecule has 0 saturated heterocycles. The summed E-state index contributed by atoms with van der Waals surface area (Å²) in [6.07, 6.45) is -0.364. The number of carbonyl (C=O) groups excluding carboxylic acids is 3. The number of rotatable bonds is 6. The van der Waals surface area contributed by atoms with E-state index in [9.17, 15) is 19.5 Å². The van der Waals surface area contributed by atoms with Gasteiger partial charge in [0.15, 0.2) is 0 Å². The molecular formula is C18H16ClN2O4-. The number of benzene rings is 2. The first-order valence-corrected chi connectivity index (χ1v) is 7.87. The van der Waals surface area contributed by atoms with Crippen LogP contribution in [0.15, 0.2) is 48.5 Å². The molecule has 0 aliphatic heterocycles. The Bertz CT molecular complexity index is 773. The van der Waals surface area contributed by atoms with Crippen molar-refractivity contribution in [2.75, 3.05) is 5.32 Å². The normalized spacial score (nSPS) is 11.4. The van der Waals surface area contributed by atoms with Gasteiger partial charge in [0.2, 0.25) is 5.91 Å². The molecule has 0 bridgehead atoms. The topological polar surface area (TPSA) is 98.3 Å². The van der Waals surface area contributed by atoms with Gasteiger partial charge in [-0.2, -0.15) is 0 Å². The summed E-state index contributed by atoms with van der Waals surface area (Å²) in [5.41, 5.74) is 1.51. The Morgan fingerprint density at radius 1 is 1.04 bits per heavy atom. The van der Waals surface area contributed by atoms with Crippen LogP contribution in [-0.2, 0) is 9.59 Å². The highest BCUT2D eigenvalue weighted by Crippen LogP contribution is 2.20. The molecule has 2 aromatic carbocycles. The zero-order valence-electron chi connectivity index (χ0n) is 13.4. The molecule has 0 aliphatic rings. The van der Waals surface area contributed by atoms with E-state index in [1.165, 1.54) is 6.92 Å². The second-order valence-corrected chi connectivity index (χ2v) is 5.85. The molecule has 0 fully saturated rings. The Balaban J connectivity index is 2.14. The zero-order chi connectivity index (χ0) is 18.4. The van der Waals surface area contributed by atoms with E-state index in [0.29, 0.717) is 21.8 Å². The molecule has 0 heterocycles. The Hall–Kier alpha value is -2.86. The fraction of sp³-hybridized carbons (Fsp3) is 0.167. The summed E-state index contributed by atoms with van der Waals surface area (Å²) in [6.45, 7) is 1.39. The zero-order valence-corrected chi connectivity index (χ0v) is 14.2. The summed E-state index contributed by atoms with van der Waals surface area (Å²) >= 11 is 5.83. The molecular weight excluding hydrogens is 344 g/mol. The first kappa shape index (κ1) is 18.5. The minimum Gasteiger partial charge on any atom is -0.550 e. The van der Waals surface area contributed by atoms with Crippen molar-refractivity contribution in [3.05, 3.63) is 64.7 Å². The van der Waals surface area contributed by atoms with Crippen LogP contribution in [-0.4, -0.2) is 17.8 Å². The van der Waals surface area contributed by atoms with Gasteiger partial charge >= 0.3 is 0 Å².